The van der Waals surface area contributed by atoms with Crippen molar-refractivity contribution in [3.63, 3.8) is 0 Å². The van der Waals surface area contributed by atoms with Gasteiger partial charge >= 0.3 is 28.4 Å². The average Bonchev–Trinajstić information content (AvgIpc) is 3.89. The molecule has 0 N–H and O–H groups in total. The summed E-state index contributed by atoms with van der Waals surface area (Å²) < 4.78 is 3.34. The number of rotatable bonds is 2. The van der Waals surface area contributed by atoms with E-state index in [-0.39, 0.29) is 35.6 Å². The molecule has 0 nitrogen and oxygen atoms in total. The molecule has 2 aliphatic rings. The molecule has 0 saturated heterocycles. The molecule has 2 aliphatic carbocycles. The predicted molar refractivity (Wildman–Crippen MR) is 266 cm³/mol. The van der Waals surface area contributed by atoms with E-state index in [0.29, 0.717) is 0 Å². The monoisotopic (exact) mass is 908 g/mol. The molecule has 0 fully saturated rings. The van der Waals surface area contributed by atoms with Crippen molar-refractivity contribution in [3.8, 4) is 33.4 Å². The molecule has 0 saturated carbocycles. The maximum absolute atomic E-state index is 3.93. The molecule has 0 bridgehead atoms. The Bertz CT molecular complexity index is 2120. The standard InChI is InChI=1S/C35H37.2C8H9.C5H5.CH2.2ClH.Zr/c1-22-13-9-11-15-26(22)30-18-24-17-25-19-31(27-16-12-10-14-23(27)2)33(35(6,7)8)21-29(25)28(24)20-32(30)34(3,4)5;2*1-7-3-5-8(2)6-4-7;1-2-4-5-3-1;;;;/h9-16,18,20-21H,17H2,1-8H3;2*3-6H,1H2,2H3;1-3H,4H2;1H2;2*1H;/q4*-1;;;;. The van der Waals surface area contributed by atoms with Crippen LogP contribution in [-0.4, -0.2) is 4.21 Å². The third-order valence-electron chi connectivity index (χ3n) is 10.4. The molecule has 0 aliphatic heterocycles. The Balaban J connectivity index is 0.000000402. The van der Waals surface area contributed by atoms with Gasteiger partial charge in [0.15, 0.2) is 0 Å². The third kappa shape index (κ3) is 14.2. The molecular weight excluding hydrogens is 847 g/mol. The van der Waals surface area contributed by atoms with Gasteiger partial charge < -0.3 is 0 Å². The van der Waals surface area contributed by atoms with Gasteiger partial charge in [-0.1, -0.05) is 136 Å². The van der Waals surface area contributed by atoms with Crippen molar-refractivity contribution < 1.29 is 24.2 Å². The molecule has 0 spiro atoms. The van der Waals surface area contributed by atoms with Crippen LogP contribution in [-0.2, 0) is 41.5 Å². The summed E-state index contributed by atoms with van der Waals surface area (Å²) in [6.45, 7) is 30.1. The molecule has 0 heterocycles. The fourth-order valence-electron chi connectivity index (χ4n) is 7.09. The number of benzene rings is 6. The van der Waals surface area contributed by atoms with Crippen LogP contribution in [0.25, 0.3) is 33.4 Å². The van der Waals surface area contributed by atoms with Gasteiger partial charge in [0.1, 0.15) is 0 Å². The summed E-state index contributed by atoms with van der Waals surface area (Å²) in [4.78, 5) is 0. The van der Waals surface area contributed by atoms with Crippen molar-refractivity contribution in [1.29, 1.82) is 0 Å². The number of allylic oxidation sites excluding steroid dienone is 4. The van der Waals surface area contributed by atoms with Crippen LogP contribution in [0.3, 0.4) is 0 Å². The molecule has 8 rings (SSSR count). The second kappa shape index (κ2) is 23.8. The van der Waals surface area contributed by atoms with Crippen LogP contribution >= 0.6 is 24.8 Å². The van der Waals surface area contributed by atoms with E-state index < -0.39 is 0 Å². The van der Waals surface area contributed by atoms with E-state index in [0.717, 1.165) is 24.0 Å². The summed E-state index contributed by atoms with van der Waals surface area (Å²) in [5, 5.41) is 0. The van der Waals surface area contributed by atoms with Gasteiger partial charge in [0.05, 0.1) is 0 Å². The summed E-state index contributed by atoms with van der Waals surface area (Å²) in [5.74, 6) is 0. The number of fused-ring (bicyclic) bond motifs is 3. The van der Waals surface area contributed by atoms with Crippen molar-refractivity contribution in [3.05, 3.63) is 215 Å². The number of halogens is 2. The van der Waals surface area contributed by atoms with Gasteiger partial charge in [-0.2, -0.15) is 55.3 Å². The Morgan fingerprint density at radius 2 is 1.02 bits per heavy atom. The molecule has 0 amide bonds. The number of hydrogen-bond acceptors (Lipinski definition) is 0. The molecule has 6 aromatic rings. The van der Waals surface area contributed by atoms with Crippen LogP contribution in [0.15, 0.2) is 133 Å². The number of aryl methyl sites for hydroxylation is 4. The Morgan fingerprint density at radius 3 is 1.42 bits per heavy atom. The zero-order chi connectivity index (χ0) is 42.6. The first-order valence-corrected chi connectivity index (χ1v) is 22.0. The molecular formula is C57H64Cl2Zr-4. The van der Waals surface area contributed by atoms with Gasteiger partial charge in [0, 0.05) is 0 Å². The molecule has 3 heteroatoms. The normalized spacial score (nSPS) is 11.6. The van der Waals surface area contributed by atoms with E-state index >= 15 is 0 Å². The van der Waals surface area contributed by atoms with Crippen LogP contribution in [0, 0.1) is 53.7 Å². The summed E-state index contributed by atoms with van der Waals surface area (Å²) in [5.41, 5.74) is 21.0. The third-order valence-corrected chi connectivity index (χ3v) is 10.4. The van der Waals surface area contributed by atoms with Gasteiger partial charge in [-0.05, 0) is 72.8 Å². The second-order valence-corrected chi connectivity index (χ2v) is 17.3. The zero-order valence-corrected chi connectivity index (χ0v) is 41.6. The van der Waals surface area contributed by atoms with E-state index in [9.17, 15) is 0 Å². The van der Waals surface area contributed by atoms with Gasteiger partial charge in [-0.25, -0.2) is 12.2 Å². The van der Waals surface area contributed by atoms with Crippen molar-refractivity contribution in [1.82, 2.24) is 0 Å². The summed E-state index contributed by atoms with van der Waals surface area (Å²) >= 11 is 1.30. The van der Waals surface area contributed by atoms with Gasteiger partial charge in [0.25, 0.3) is 0 Å². The zero-order valence-electron chi connectivity index (χ0n) is 37.6. The Morgan fingerprint density at radius 1 is 0.550 bits per heavy atom. The fraction of sp³-hybridized carbons (Fsp3) is 0.246. The van der Waals surface area contributed by atoms with Gasteiger partial charge in [-0.15, -0.1) is 84.3 Å². The Hall–Kier alpha value is -4.13. The van der Waals surface area contributed by atoms with E-state index in [2.05, 4.69) is 197 Å². The molecule has 60 heavy (non-hydrogen) atoms. The van der Waals surface area contributed by atoms with Crippen molar-refractivity contribution in [2.75, 3.05) is 0 Å². The SMILES string of the molecule is Cc1ccccc1-c1[c-]c2c(cc1C(C)(C)C)-c1cc(C(C)(C)C)c(-c3ccccc3C)cc1C2.Cl.Cl.[C-]1=CC=CC1.[CH2-]c1ccc(C)cc1.[CH2-]c1ccc(C)cc1.[CH2]=[Zr]. The van der Waals surface area contributed by atoms with Crippen molar-refractivity contribution in [2.24, 2.45) is 0 Å². The van der Waals surface area contributed by atoms with Crippen LogP contribution < -0.4 is 0 Å². The molecule has 0 radical (unpaired) electrons. The minimum absolute atomic E-state index is 0. The first-order chi connectivity index (χ1) is 27.5. The maximum atomic E-state index is 3.93. The first-order valence-electron chi connectivity index (χ1n) is 20.3. The summed E-state index contributed by atoms with van der Waals surface area (Å²) in [6.07, 6.45) is 10.9. The van der Waals surface area contributed by atoms with Crippen LogP contribution in [0.5, 0.6) is 0 Å². The second-order valence-electron chi connectivity index (χ2n) is 17.3. The van der Waals surface area contributed by atoms with Gasteiger partial charge in [-0.3, -0.25) is 6.08 Å². The predicted octanol–water partition coefficient (Wildman–Crippen LogP) is 16.1. The number of hydrogen-bond donors (Lipinski definition) is 0. The van der Waals surface area contributed by atoms with Crippen LogP contribution in [0.4, 0.5) is 0 Å². The van der Waals surface area contributed by atoms with Crippen molar-refractivity contribution >= 4 is 29.0 Å². The first kappa shape index (κ1) is 52.0. The van der Waals surface area contributed by atoms with E-state index in [1.807, 2.05) is 36.4 Å². The van der Waals surface area contributed by atoms with Crippen molar-refractivity contribution in [2.45, 2.75) is 92.9 Å². The molecule has 0 atom stereocenters. The Labute approximate surface area is 391 Å². The Kier molecular flexibility index (Phi) is 20.6. The van der Waals surface area contributed by atoms with E-state index in [4.69, 9.17) is 0 Å². The molecule has 314 valence electrons. The van der Waals surface area contributed by atoms with E-state index in [1.165, 1.54) is 102 Å². The quantitative estimate of drug-likeness (QED) is 0.152. The average molecular weight is 911 g/mol. The fourth-order valence-corrected chi connectivity index (χ4v) is 7.09. The minimum atomic E-state index is 0. The van der Waals surface area contributed by atoms with Crippen LogP contribution in [0.1, 0.15) is 104 Å². The molecule has 6 aromatic carbocycles. The molecule has 0 aromatic heterocycles. The summed E-state index contributed by atoms with van der Waals surface area (Å²) in [6, 6.07) is 45.1. The van der Waals surface area contributed by atoms with Crippen LogP contribution in [0.2, 0.25) is 0 Å². The topological polar surface area (TPSA) is 0 Å². The molecule has 0 unspecified atom stereocenters. The van der Waals surface area contributed by atoms with E-state index in [1.54, 1.807) is 0 Å². The summed E-state index contributed by atoms with van der Waals surface area (Å²) in [7, 11) is 0. The van der Waals surface area contributed by atoms with Gasteiger partial charge in [0.2, 0.25) is 0 Å².